The van der Waals surface area contributed by atoms with E-state index in [9.17, 15) is 28.1 Å². The number of nitro groups is 1. The molecule has 0 amide bonds. The van der Waals surface area contributed by atoms with E-state index in [1.54, 1.807) is 0 Å². The normalized spacial score (nSPS) is 10.8. The number of carbonyl (C=O) groups is 1. The van der Waals surface area contributed by atoms with Crippen molar-refractivity contribution in [2.45, 2.75) is 13.1 Å². The predicted octanol–water partition coefficient (Wildman–Crippen LogP) is 2.69. The Kier molecular flexibility index (Phi) is 3.37. The molecule has 94 valence electrons. The summed E-state index contributed by atoms with van der Waals surface area (Å²) < 4.78 is 37.9. The molecule has 0 aliphatic rings. The maximum atomic E-state index is 12.6. The highest BCUT2D eigenvalue weighted by Gasteiger charge is 2.41. The van der Waals surface area contributed by atoms with Crippen LogP contribution >= 0.6 is 0 Å². The van der Waals surface area contributed by atoms with E-state index in [1.807, 2.05) is 0 Å². The molecule has 0 unspecified atom stereocenters. The first kappa shape index (κ1) is 13.6. The zero-order valence-electron chi connectivity index (χ0n) is 8.91. The van der Waals surface area contributed by atoms with Crippen LogP contribution in [0.15, 0.2) is 12.1 Å². The van der Waals surface area contributed by atoms with Crippen molar-refractivity contribution in [3.8, 4) is 6.07 Å². The molecule has 0 saturated carbocycles. The third-order valence-electron chi connectivity index (χ3n) is 2.11. The molecule has 0 fully saturated rings. The Morgan fingerprint density at radius 2 is 2.00 bits per heavy atom. The molecule has 0 atom stereocenters. The van der Waals surface area contributed by atoms with Crippen LogP contribution in [0.2, 0.25) is 0 Å². The van der Waals surface area contributed by atoms with Crippen LogP contribution in [-0.2, 0) is 6.18 Å². The summed E-state index contributed by atoms with van der Waals surface area (Å²) in [7, 11) is 0. The molecule has 0 bridgehead atoms. The summed E-state index contributed by atoms with van der Waals surface area (Å²) >= 11 is 0. The highest BCUT2D eigenvalue weighted by atomic mass is 19.4. The molecule has 0 radical (unpaired) electrons. The Bertz CT molecular complexity index is 573. The van der Waals surface area contributed by atoms with Crippen LogP contribution in [0.4, 0.5) is 18.9 Å². The fourth-order valence-corrected chi connectivity index (χ4v) is 1.38. The summed E-state index contributed by atoms with van der Waals surface area (Å²) in [5, 5.41) is 19.2. The summed E-state index contributed by atoms with van der Waals surface area (Å²) in [6, 6.07) is 2.55. The summed E-state index contributed by atoms with van der Waals surface area (Å²) in [5.74, 6) is -0.913. The highest BCUT2D eigenvalue weighted by molar-refractivity contribution is 5.99. The number of halogens is 3. The molecule has 8 heteroatoms. The van der Waals surface area contributed by atoms with Crippen molar-refractivity contribution in [2.24, 2.45) is 0 Å². The van der Waals surface area contributed by atoms with E-state index < -0.39 is 39.3 Å². The number of alkyl halides is 3. The van der Waals surface area contributed by atoms with Crippen LogP contribution in [0, 0.1) is 21.4 Å². The van der Waals surface area contributed by atoms with Gasteiger partial charge in [-0.05, 0) is 19.1 Å². The zero-order chi connectivity index (χ0) is 14.1. The lowest BCUT2D eigenvalue weighted by atomic mass is 10.0. The van der Waals surface area contributed by atoms with Gasteiger partial charge in [-0.1, -0.05) is 0 Å². The van der Waals surface area contributed by atoms with Crippen molar-refractivity contribution in [3.63, 3.8) is 0 Å². The van der Waals surface area contributed by atoms with Crippen LogP contribution in [0.25, 0.3) is 0 Å². The molecule has 18 heavy (non-hydrogen) atoms. The van der Waals surface area contributed by atoms with Crippen LogP contribution in [0.5, 0.6) is 0 Å². The van der Waals surface area contributed by atoms with Gasteiger partial charge < -0.3 is 0 Å². The van der Waals surface area contributed by atoms with Gasteiger partial charge in [-0.15, -0.1) is 0 Å². The van der Waals surface area contributed by atoms with Crippen LogP contribution in [0.1, 0.15) is 28.4 Å². The molecule has 0 aliphatic heterocycles. The Morgan fingerprint density at radius 1 is 1.44 bits per heavy atom. The van der Waals surface area contributed by atoms with Crippen LogP contribution in [-0.4, -0.2) is 10.7 Å². The fraction of sp³-hybridized carbons (Fsp3) is 0.200. The lowest BCUT2D eigenvalue weighted by Gasteiger charge is -2.10. The number of nitro benzene ring substituents is 1. The molecule has 1 rings (SSSR count). The number of Topliss-reactive ketones (excluding diaryl/α,β-unsaturated/α-hetero) is 1. The number of hydrogen-bond donors (Lipinski definition) is 0. The molecule has 0 saturated heterocycles. The average Bonchev–Trinajstić information content (AvgIpc) is 2.25. The van der Waals surface area contributed by atoms with Gasteiger partial charge >= 0.3 is 6.18 Å². The van der Waals surface area contributed by atoms with Crippen molar-refractivity contribution in [2.75, 3.05) is 0 Å². The Hall–Kier alpha value is -2.43. The topological polar surface area (TPSA) is 84.0 Å². The molecular formula is C10H5F3N2O3. The van der Waals surface area contributed by atoms with Gasteiger partial charge in [0.15, 0.2) is 5.78 Å². The number of rotatable bonds is 2. The Labute approximate surface area is 98.6 Å². The first-order valence-corrected chi connectivity index (χ1v) is 4.49. The summed E-state index contributed by atoms with van der Waals surface area (Å²) in [5.41, 5.74) is -4.12. The van der Waals surface area contributed by atoms with Gasteiger partial charge in [0.2, 0.25) is 0 Å². The van der Waals surface area contributed by atoms with E-state index in [0.717, 1.165) is 13.0 Å². The van der Waals surface area contributed by atoms with E-state index in [1.165, 1.54) is 6.07 Å². The molecule has 1 aromatic rings. The van der Waals surface area contributed by atoms with Gasteiger partial charge in [0.05, 0.1) is 22.1 Å². The molecular weight excluding hydrogens is 253 g/mol. The minimum Gasteiger partial charge on any atom is -0.294 e. The van der Waals surface area contributed by atoms with Crippen LogP contribution in [0.3, 0.4) is 0 Å². The number of carbonyl (C=O) groups excluding carboxylic acids is 1. The minimum atomic E-state index is -5.01. The second kappa shape index (κ2) is 4.44. The average molecular weight is 258 g/mol. The zero-order valence-corrected chi connectivity index (χ0v) is 8.91. The number of nitrogens with zero attached hydrogens (tertiary/aromatic N) is 2. The number of ketones is 1. The van der Waals surface area contributed by atoms with Gasteiger partial charge in [-0.2, -0.15) is 18.4 Å². The number of nitriles is 1. The number of hydrogen-bond acceptors (Lipinski definition) is 4. The fourth-order valence-electron chi connectivity index (χ4n) is 1.38. The monoisotopic (exact) mass is 258 g/mol. The first-order chi connectivity index (χ1) is 8.18. The smallest absolute Gasteiger partial charge is 0.294 e. The number of benzene rings is 1. The third kappa shape index (κ3) is 2.45. The minimum absolute atomic E-state index is 0.352. The highest BCUT2D eigenvalue weighted by Crippen LogP contribution is 2.38. The molecule has 5 nitrogen and oxygen atoms in total. The van der Waals surface area contributed by atoms with Crippen molar-refractivity contribution in [1.82, 2.24) is 0 Å². The summed E-state index contributed by atoms with van der Waals surface area (Å²) in [6.07, 6.45) is -5.01. The van der Waals surface area contributed by atoms with Crippen molar-refractivity contribution in [1.29, 1.82) is 5.26 Å². The van der Waals surface area contributed by atoms with Gasteiger partial charge in [-0.3, -0.25) is 14.9 Å². The van der Waals surface area contributed by atoms with Gasteiger partial charge in [0, 0.05) is 0 Å². The van der Waals surface area contributed by atoms with Gasteiger partial charge in [0.25, 0.3) is 5.69 Å². The Balaban J connectivity index is 3.79. The quantitative estimate of drug-likeness (QED) is 0.463. The van der Waals surface area contributed by atoms with Crippen LogP contribution < -0.4 is 0 Å². The van der Waals surface area contributed by atoms with E-state index >= 15 is 0 Å². The summed E-state index contributed by atoms with van der Waals surface area (Å²) in [4.78, 5) is 20.5. The van der Waals surface area contributed by atoms with Crippen molar-refractivity contribution in [3.05, 3.63) is 38.9 Å². The molecule has 0 aromatic heterocycles. The van der Waals surface area contributed by atoms with Crippen molar-refractivity contribution >= 4 is 11.5 Å². The van der Waals surface area contributed by atoms with E-state index in [4.69, 9.17) is 5.26 Å². The first-order valence-electron chi connectivity index (χ1n) is 4.49. The standard InChI is InChI=1S/C10H5F3N2O3/c1-5(16)7-2-6(4-14)3-8(10(11,12)13)9(7)15(17)18/h2-3H,1H3. The predicted molar refractivity (Wildman–Crippen MR) is 52.8 cm³/mol. The van der Waals surface area contributed by atoms with E-state index in [2.05, 4.69) is 0 Å². The van der Waals surface area contributed by atoms with E-state index in [-0.39, 0.29) is 0 Å². The van der Waals surface area contributed by atoms with Crippen molar-refractivity contribution < 1.29 is 22.9 Å². The molecule has 0 aliphatic carbocycles. The summed E-state index contributed by atoms with van der Waals surface area (Å²) in [6.45, 7) is 0.893. The SMILES string of the molecule is CC(=O)c1cc(C#N)cc(C(F)(F)F)c1[N+](=O)[O-]. The maximum Gasteiger partial charge on any atom is 0.423 e. The van der Waals surface area contributed by atoms with Gasteiger partial charge in [0.1, 0.15) is 5.56 Å². The lowest BCUT2D eigenvalue weighted by molar-refractivity contribution is -0.388. The lowest BCUT2D eigenvalue weighted by Crippen LogP contribution is -2.13. The van der Waals surface area contributed by atoms with Gasteiger partial charge in [-0.25, -0.2) is 0 Å². The Morgan fingerprint density at radius 3 is 2.33 bits per heavy atom. The maximum absolute atomic E-state index is 12.6. The van der Waals surface area contributed by atoms with E-state index in [0.29, 0.717) is 6.07 Å². The molecule has 0 N–H and O–H groups in total. The second-order valence-corrected chi connectivity index (χ2v) is 3.34. The molecule has 0 spiro atoms. The largest absolute Gasteiger partial charge is 0.423 e. The second-order valence-electron chi connectivity index (χ2n) is 3.34. The third-order valence-corrected chi connectivity index (χ3v) is 2.11. The molecule has 0 heterocycles. The molecule has 1 aromatic carbocycles.